The fourth-order valence-corrected chi connectivity index (χ4v) is 4.11. The smallest absolute Gasteiger partial charge is 0.322 e. The van der Waals surface area contributed by atoms with Crippen LogP contribution in [0, 0.1) is 13.8 Å². The Morgan fingerprint density at radius 1 is 1.12 bits per heavy atom. The Balaban J connectivity index is 2.39. The third-order valence-electron chi connectivity index (χ3n) is 4.26. The van der Waals surface area contributed by atoms with E-state index in [1.807, 2.05) is 32.0 Å². The first-order valence-electron chi connectivity index (χ1n) is 7.66. The van der Waals surface area contributed by atoms with Crippen molar-refractivity contribution in [3.05, 3.63) is 64.2 Å². The van der Waals surface area contributed by atoms with Gasteiger partial charge in [-0.25, -0.2) is 8.42 Å². The summed E-state index contributed by atoms with van der Waals surface area (Å²) in [4.78, 5) is 11.8. The van der Waals surface area contributed by atoms with E-state index in [2.05, 4.69) is 0 Å². The van der Waals surface area contributed by atoms with Gasteiger partial charge in [0.15, 0.2) is 0 Å². The zero-order valence-corrected chi connectivity index (χ0v) is 15.8. The van der Waals surface area contributed by atoms with E-state index in [0.29, 0.717) is 5.02 Å². The van der Waals surface area contributed by atoms with E-state index >= 15 is 0 Å². The minimum atomic E-state index is -3.95. The van der Waals surface area contributed by atoms with Gasteiger partial charge in [-0.05, 0) is 54.8 Å². The largest absolute Gasteiger partial charge is 0.480 e. The molecule has 0 unspecified atom stereocenters. The van der Waals surface area contributed by atoms with Gasteiger partial charge in [-0.2, -0.15) is 4.31 Å². The Bertz CT molecular complexity index is 858. The minimum absolute atomic E-state index is 0.00663. The number of aryl methyl sites for hydroxylation is 2. The van der Waals surface area contributed by atoms with Crippen molar-refractivity contribution in [2.24, 2.45) is 0 Å². The molecule has 5 nitrogen and oxygen atoms in total. The van der Waals surface area contributed by atoms with Gasteiger partial charge in [-0.15, -0.1) is 0 Å². The topological polar surface area (TPSA) is 74.7 Å². The number of benzene rings is 2. The second kappa shape index (κ2) is 7.56. The molecule has 0 bridgehead atoms. The lowest BCUT2D eigenvalue weighted by molar-refractivity contribution is -0.141. The molecule has 0 heterocycles. The first-order valence-corrected chi connectivity index (χ1v) is 9.48. The molecule has 0 saturated heterocycles. The molecule has 25 heavy (non-hydrogen) atoms. The highest BCUT2D eigenvalue weighted by Gasteiger charge is 2.33. The van der Waals surface area contributed by atoms with Gasteiger partial charge < -0.3 is 5.11 Å². The lowest BCUT2D eigenvalue weighted by Gasteiger charge is -2.25. The maximum absolute atomic E-state index is 12.8. The van der Waals surface area contributed by atoms with Gasteiger partial charge in [-0.3, -0.25) is 4.79 Å². The molecule has 7 heteroatoms. The Morgan fingerprint density at radius 2 is 1.64 bits per heavy atom. The van der Waals surface area contributed by atoms with Gasteiger partial charge >= 0.3 is 5.97 Å². The molecule has 2 rings (SSSR count). The molecule has 0 amide bonds. The van der Waals surface area contributed by atoms with E-state index in [9.17, 15) is 18.3 Å². The van der Waals surface area contributed by atoms with Gasteiger partial charge in [0.25, 0.3) is 0 Å². The van der Waals surface area contributed by atoms with Gasteiger partial charge in [0.2, 0.25) is 10.0 Å². The Kier molecular flexibility index (Phi) is 5.87. The summed E-state index contributed by atoms with van der Waals surface area (Å²) in [7, 11) is -2.66. The lowest BCUT2D eigenvalue weighted by atomic mass is 9.96. The van der Waals surface area contributed by atoms with Crippen LogP contribution in [0.5, 0.6) is 0 Å². The van der Waals surface area contributed by atoms with Gasteiger partial charge in [0.1, 0.15) is 6.04 Å². The molecule has 0 aliphatic heterocycles. The number of halogens is 1. The first kappa shape index (κ1) is 19.4. The molecule has 1 N–H and O–H groups in total. The molecule has 0 spiro atoms. The molecule has 0 radical (unpaired) electrons. The quantitative estimate of drug-likeness (QED) is 0.833. The van der Waals surface area contributed by atoms with E-state index in [4.69, 9.17) is 11.6 Å². The van der Waals surface area contributed by atoms with E-state index < -0.39 is 22.0 Å². The van der Waals surface area contributed by atoms with Crippen LogP contribution in [0.25, 0.3) is 0 Å². The zero-order valence-electron chi connectivity index (χ0n) is 14.2. The van der Waals surface area contributed by atoms with Crippen LogP contribution in [0.3, 0.4) is 0 Å². The third-order valence-corrected chi connectivity index (χ3v) is 6.39. The molecule has 2 aromatic rings. The predicted octanol–water partition coefficient (Wildman–Crippen LogP) is 3.27. The summed E-state index contributed by atoms with van der Waals surface area (Å²) >= 11 is 5.79. The summed E-state index contributed by atoms with van der Waals surface area (Å²) < 4.78 is 26.4. The Hall–Kier alpha value is -1.89. The van der Waals surface area contributed by atoms with Gasteiger partial charge in [0.05, 0.1) is 4.90 Å². The van der Waals surface area contributed by atoms with Crippen LogP contribution in [-0.4, -0.2) is 36.9 Å². The number of sulfonamides is 1. The molecule has 2 aromatic carbocycles. The van der Waals surface area contributed by atoms with Crippen LogP contribution in [0.1, 0.15) is 16.7 Å². The highest BCUT2D eigenvalue weighted by molar-refractivity contribution is 7.89. The van der Waals surface area contributed by atoms with Crippen LogP contribution >= 0.6 is 11.6 Å². The zero-order chi connectivity index (χ0) is 18.8. The molecular formula is C18H20ClNO4S. The highest BCUT2D eigenvalue weighted by atomic mass is 35.5. The van der Waals surface area contributed by atoms with Crippen LogP contribution in [-0.2, 0) is 21.2 Å². The summed E-state index contributed by atoms with van der Waals surface area (Å²) in [6.45, 7) is 3.77. The molecule has 0 fully saturated rings. The van der Waals surface area contributed by atoms with Crippen molar-refractivity contribution < 1.29 is 18.3 Å². The monoisotopic (exact) mass is 381 g/mol. The van der Waals surface area contributed by atoms with E-state index in [1.165, 1.54) is 31.3 Å². The Labute approximate surface area is 152 Å². The van der Waals surface area contributed by atoms with E-state index in [1.54, 1.807) is 0 Å². The number of rotatable bonds is 6. The normalized spacial score (nSPS) is 13.0. The summed E-state index contributed by atoms with van der Waals surface area (Å²) in [6.07, 6.45) is 0.0944. The highest BCUT2D eigenvalue weighted by Crippen LogP contribution is 2.23. The predicted molar refractivity (Wildman–Crippen MR) is 97.4 cm³/mol. The average Bonchev–Trinajstić information content (AvgIpc) is 2.54. The number of carboxylic acid groups (broad SMARTS) is 1. The van der Waals surface area contributed by atoms with Crippen molar-refractivity contribution in [2.75, 3.05) is 7.05 Å². The number of hydrogen-bond donors (Lipinski definition) is 1. The standard InChI is InChI=1S/C18H20ClNO4S/c1-12-5-4-6-13(2)16(12)11-17(18(21)22)20(3)25(23,24)15-9-7-14(19)8-10-15/h4-10,17H,11H2,1-3H3,(H,21,22)/t17-/m1/s1. The fraction of sp³-hybridized carbons (Fsp3) is 0.278. The maximum Gasteiger partial charge on any atom is 0.322 e. The molecular weight excluding hydrogens is 362 g/mol. The summed E-state index contributed by atoms with van der Waals surface area (Å²) in [5, 5.41) is 10.0. The first-order chi connectivity index (χ1) is 11.6. The molecule has 134 valence electrons. The molecule has 0 aliphatic carbocycles. The summed E-state index contributed by atoms with van der Waals surface area (Å²) in [6, 6.07) is 10.1. The minimum Gasteiger partial charge on any atom is -0.480 e. The number of nitrogens with zero attached hydrogens (tertiary/aromatic N) is 1. The number of carboxylic acids is 1. The number of aliphatic carboxylic acids is 1. The fourth-order valence-electron chi connectivity index (χ4n) is 2.68. The summed E-state index contributed by atoms with van der Waals surface area (Å²) in [5.41, 5.74) is 2.71. The third kappa shape index (κ3) is 4.21. The molecule has 1 atom stereocenters. The van der Waals surface area contributed by atoms with Crippen molar-refractivity contribution >= 4 is 27.6 Å². The molecule has 0 aliphatic rings. The van der Waals surface area contributed by atoms with E-state index in [-0.39, 0.29) is 11.3 Å². The van der Waals surface area contributed by atoms with Crippen LogP contribution in [0.15, 0.2) is 47.4 Å². The lowest BCUT2D eigenvalue weighted by Crippen LogP contribution is -2.44. The number of carbonyl (C=O) groups is 1. The summed E-state index contributed by atoms with van der Waals surface area (Å²) in [5.74, 6) is -1.19. The Morgan fingerprint density at radius 3 is 2.12 bits per heavy atom. The average molecular weight is 382 g/mol. The van der Waals surface area contributed by atoms with Crippen molar-refractivity contribution in [3.63, 3.8) is 0 Å². The maximum atomic E-state index is 12.8. The second-order valence-electron chi connectivity index (χ2n) is 5.90. The molecule has 0 saturated carbocycles. The van der Waals surface area contributed by atoms with Gasteiger partial charge in [0, 0.05) is 18.5 Å². The van der Waals surface area contributed by atoms with Crippen LogP contribution in [0.2, 0.25) is 5.02 Å². The van der Waals surface area contributed by atoms with Crippen LogP contribution < -0.4 is 0 Å². The van der Waals surface area contributed by atoms with Crippen molar-refractivity contribution in [2.45, 2.75) is 31.2 Å². The number of hydrogen-bond acceptors (Lipinski definition) is 3. The van der Waals surface area contributed by atoms with E-state index in [0.717, 1.165) is 21.0 Å². The number of likely N-dealkylation sites (N-methyl/N-ethyl adjacent to an activating group) is 1. The SMILES string of the molecule is Cc1cccc(C)c1C[C@H](C(=O)O)N(C)S(=O)(=O)c1ccc(Cl)cc1. The van der Waals surface area contributed by atoms with Gasteiger partial charge in [-0.1, -0.05) is 29.8 Å². The van der Waals surface area contributed by atoms with Crippen molar-refractivity contribution in [3.8, 4) is 0 Å². The van der Waals surface area contributed by atoms with Crippen molar-refractivity contribution in [1.82, 2.24) is 4.31 Å². The van der Waals surface area contributed by atoms with Crippen molar-refractivity contribution in [1.29, 1.82) is 0 Å². The van der Waals surface area contributed by atoms with Crippen LogP contribution in [0.4, 0.5) is 0 Å². The molecule has 0 aromatic heterocycles. The second-order valence-corrected chi connectivity index (χ2v) is 8.34.